The number of guanidine groups is 1. The van der Waals surface area contributed by atoms with Gasteiger partial charge in [0.2, 0.25) is 5.91 Å². The molecule has 2 N–H and O–H groups in total. The molecule has 0 bridgehead atoms. The van der Waals surface area contributed by atoms with Crippen LogP contribution in [0.25, 0.3) is 0 Å². The average Bonchev–Trinajstić information content (AvgIpc) is 2.94. The molecule has 1 heterocycles. The summed E-state index contributed by atoms with van der Waals surface area (Å²) in [6.07, 6.45) is 4.66. The van der Waals surface area contributed by atoms with Crippen molar-refractivity contribution in [1.29, 1.82) is 0 Å². The molecular formula is C13H26N4OS2. The predicted molar refractivity (Wildman–Crippen MR) is 90.9 cm³/mol. The third-order valence-corrected chi connectivity index (χ3v) is 5.00. The van der Waals surface area contributed by atoms with Crippen LogP contribution in [0.2, 0.25) is 0 Å². The van der Waals surface area contributed by atoms with E-state index in [0.29, 0.717) is 5.25 Å². The van der Waals surface area contributed by atoms with Crippen molar-refractivity contribution in [2.24, 2.45) is 4.99 Å². The van der Waals surface area contributed by atoms with E-state index in [-0.39, 0.29) is 12.5 Å². The lowest BCUT2D eigenvalue weighted by Gasteiger charge is -2.15. The number of amides is 1. The zero-order valence-corrected chi connectivity index (χ0v) is 14.3. The highest BCUT2D eigenvalue weighted by Crippen LogP contribution is 2.25. The summed E-state index contributed by atoms with van der Waals surface area (Å²) >= 11 is 3.81. The number of carbonyl (C=O) groups is 1. The highest BCUT2D eigenvalue weighted by molar-refractivity contribution is 8.00. The Balaban J connectivity index is 2.40. The van der Waals surface area contributed by atoms with Gasteiger partial charge in [-0.2, -0.15) is 23.5 Å². The van der Waals surface area contributed by atoms with E-state index >= 15 is 0 Å². The number of hydrogen-bond donors (Lipinski definition) is 2. The Morgan fingerprint density at radius 1 is 1.45 bits per heavy atom. The van der Waals surface area contributed by atoms with E-state index < -0.39 is 0 Å². The Morgan fingerprint density at radius 3 is 2.85 bits per heavy atom. The van der Waals surface area contributed by atoms with E-state index in [1.165, 1.54) is 18.6 Å². The van der Waals surface area contributed by atoms with Crippen molar-refractivity contribution < 1.29 is 4.79 Å². The van der Waals surface area contributed by atoms with Crippen molar-refractivity contribution >= 4 is 35.4 Å². The van der Waals surface area contributed by atoms with Gasteiger partial charge in [-0.15, -0.1) is 0 Å². The molecule has 1 aliphatic heterocycles. The topological polar surface area (TPSA) is 56.7 Å². The Bertz CT molecular complexity index is 317. The number of thioether (sulfide) groups is 2. The molecule has 0 aromatic carbocycles. The quantitative estimate of drug-likeness (QED) is 0.414. The minimum Gasteiger partial charge on any atom is -0.356 e. The van der Waals surface area contributed by atoms with Gasteiger partial charge in [-0.25, -0.2) is 4.99 Å². The number of nitrogens with one attached hydrogen (secondary N) is 2. The van der Waals surface area contributed by atoms with Crippen LogP contribution in [-0.4, -0.2) is 73.5 Å². The lowest BCUT2D eigenvalue weighted by Crippen LogP contribution is -2.42. The molecule has 0 saturated carbocycles. The van der Waals surface area contributed by atoms with Crippen molar-refractivity contribution in [3.05, 3.63) is 0 Å². The van der Waals surface area contributed by atoms with E-state index in [1.807, 2.05) is 11.8 Å². The standard InChI is InChI=1S/C13H26N4OS2/c1-17(2)12(18)10-16-13(14-6-8-19-3)15-9-11-5-4-7-20-11/h11H,4-10H2,1-3H3,(H2,14,15,16). The van der Waals surface area contributed by atoms with Crippen molar-refractivity contribution in [1.82, 2.24) is 15.5 Å². The smallest absolute Gasteiger partial charge is 0.243 e. The van der Waals surface area contributed by atoms with Crippen molar-refractivity contribution in [2.75, 3.05) is 51.5 Å². The summed E-state index contributed by atoms with van der Waals surface area (Å²) in [4.78, 5) is 17.5. The maximum atomic E-state index is 11.6. The maximum Gasteiger partial charge on any atom is 0.243 e. The molecular weight excluding hydrogens is 292 g/mol. The molecule has 116 valence electrons. The number of likely N-dealkylation sites (N-methyl/N-ethyl adjacent to an activating group) is 1. The van der Waals surface area contributed by atoms with Crippen LogP contribution in [0.15, 0.2) is 4.99 Å². The van der Waals surface area contributed by atoms with Gasteiger partial charge in [0.1, 0.15) is 6.54 Å². The molecule has 0 radical (unpaired) electrons. The Labute approximate surface area is 130 Å². The second-order valence-electron chi connectivity index (χ2n) is 4.89. The molecule has 1 fully saturated rings. The molecule has 1 aliphatic rings. The minimum absolute atomic E-state index is 0.0196. The first kappa shape index (κ1) is 17.5. The third kappa shape index (κ3) is 7.28. The van der Waals surface area contributed by atoms with Gasteiger partial charge in [-0.1, -0.05) is 0 Å². The van der Waals surface area contributed by atoms with Crippen LogP contribution < -0.4 is 10.6 Å². The van der Waals surface area contributed by atoms with Gasteiger partial charge >= 0.3 is 0 Å². The predicted octanol–water partition coefficient (Wildman–Crippen LogP) is 0.868. The molecule has 1 unspecified atom stereocenters. The van der Waals surface area contributed by atoms with Gasteiger partial charge in [-0.05, 0) is 24.9 Å². The van der Waals surface area contributed by atoms with Crippen LogP contribution >= 0.6 is 23.5 Å². The molecule has 20 heavy (non-hydrogen) atoms. The zero-order chi connectivity index (χ0) is 14.8. The number of carbonyl (C=O) groups excluding carboxylic acids is 1. The fourth-order valence-corrected chi connectivity index (χ4v) is 3.26. The van der Waals surface area contributed by atoms with Crippen molar-refractivity contribution in [3.8, 4) is 0 Å². The molecule has 5 nitrogen and oxygen atoms in total. The number of aliphatic imine (C=N–C) groups is 1. The van der Waals surface area contributed by atoms with Crippen LogP contribution in [0.5, 0.6) is 0 Å². The minimum atomic E-state index is 0.0196. The summed E-state index contributed by atoms with van der Waals surface area (Å²) in [6, 6.07) is 0. The summed E-state index contributed by atoms with van der Waals surface area (Å²) in [5, 5.41) is 7.30. The third-order valence-electron chi connectivity index (χ3n) is 2.99. The lowest BCUT2D eigenvalue weighted by molar-refractivity contribution is -0.127. The number of nitrogens with zero attached hydrogens (tertiary/aromatic N) is 2. The first-order valence-electron chi connectivity index (χ1n) is 6.96. The van der Waals surface area contributed by atoms with Crippen LogP contribution in [-0.2, 0) is 4.79 Å². The fourth-order valence-electron chi connectivity index (χ4n) is 1.75. The molecule has 7 heteroatoms. The molecule has 1 atom stereocenters. The lowest BCUT2D eigenvalue weighted by atomic mass is 10.2. The largest absolute Gasteiger partial charge is 0.356 e. The summed E-state index contributed by atoms with van der Waals surface area (Å²) < 4.78 is 0. The van der Waals surface area contributed by atoms with Gasteiger partial charge in [0.05, 0.1) is 0 Å². The van der Waals surface area contributed by atoms with E-state index in [4.69, 9.17) is 0 Å². The second-order valence-corrected chi connectivity index (χ2v) is 7.28. The molecule has 0 spiro atoms. The summed E-state index contributed by atoms with van der Waals surface area (Å²) in [6.45, 7) is 1.98. The molecule has 1 saturated heterocycles. The number of rotatable bonds is 7. The molecule has 0 aromatic heterocycles. The summed E-state index contributed by atoms with van der Waals surface area (Å²) in [5.41, 5.74) is 0. The van der Waals surface area contributed by atoms with Crippen molar-refractivity contribution in [2.45, 2.75) is 18.1 Å². The maximum absolute atomic E-state index is 11.6. The van der Waals surface area contributed by atoms with Crippen LogP contribution in [0.1, 0.15) is 12.8 Å². The fraction of sp³-hybridized carbons (Fsp3) is 0.846. The van der Waals surface area contributed by atoms with E-state index in [2.05, 4.69) is 21.9 Å². The Hall–Kier alpha value is -0.560. The first-order chi connectivity index (χ1) is 9.63. The second kappa shape index (κ2) is 10.2. The van der Waals surface area contributed by atoms with Crippen LogP contribution in [0.3, 0.4) is 0 Å². The number of hydrogen-bond acceptors (Lipinski definition) is 4. The van der Waals surface area contributed by atoms with Crippen LogP contribution in [0.4, 0.5) is 0 Å². The first-order valence-corrected chi connectivity index (χ1v) is 9.40. The highest BCUT2D eigenvalue weighted by atomic mass is 32.2. The SMILES string of the molecule is CSCCNC(=NCC(=O)N(C)C)NCC1CCCS1. The Morgan fingerprint density at radius 2 is 2.25 bits per heavy atom. The van der Waals surface area contributed by atoms with E-state index in [9.17, 15) is 4.79 Å². The van der Waals surface area contributed by atoms with Gasteiger partial charge < -0.3 is 15.5 Å². The molecule has 0 aliphatic carbocycles. The van der Waals surface area contributed by atoms with Gasteiger partial charge in [0.25, 0.3) is 0 Å². The average molecular weight is 319 g/mol. The molecule has 1 amide bonds. The monoisotopic (exact) mass is 318 g/mol. The highest BCUT2D eigenvalue weighted by Gasteiger charge is 2.15. The van der Waals surface area contributed by atoms with Gasteiger partial charge in [-0.3, -0.25) is 4.79 Å². The van der Waals surface area contributed by atoms with Crippen LogP contribution in [0, 0.1) is 0 Å². The van der Waals surface area contributed by atoms with E-state index in [1.54, 1.807) is 30.8 Å². The zero-order valence-electron chi connectivity index (χ0n) is 12.6. The summed E-state index contributed by atoms with van der Waals surface area (Å²) in [5.74, 6) is 3.06. The Kier molecular flexibility index (Phi) is 8.93. The van der Waals surface area contributed by atoms with Gasteiger partial charge in [0, 0.05) is 38.2 Å². The molecule has 0 aromatic rings. The van der Waals surface area contributed by atoms with Crippen molar-refractivity contribution in [3.63, 3.8) is 0 Å². The van der Waals surface area contributed by atoms with E-state index in [0.717, 1.165) is 24.8 Å². The summed E-state index contributed by atoms with van der Waals surface area (Å²) in [7, 11) is 3.50. The molecule has 1 rings (SSSR count). The van der Waals surface area contributed by atoms with Gasteiger partial charge in [0.15, 0.2) is 5.96 Å². The normalized spacial score (nSPS) is 18.9.